The van der Waals surface area contributed by atoms with Gasteiger partial charge in [-0.2, -0.15) is 0 Å². The predicted octanol–water partition coefficient (Wildman–Crippen LogP) is 3.05. The molecule has 0 radical (unpaired) electrons. The molecule has 3 rings (SSSR count). The van der Waals surface area contributed by atoms with E-state index in [-0.39, 0.29) is 29.2 Å². The standard InChI is InChI=1S/C17H15ClFN3O2S/c18-12-5-6-15-10(8-12)7-11(9-24-15)16(23)21-22-17(25)20-14-4-2-1-3-13(14)19/h1-6,8,11H,7,9H2,(H,21,23)(H2,20,22,25)/t11-/m0/s1. The van der Waals surface area contributed by atoms with Crippen LogP contribution in [0.2, 0.25) is 5.02 Å². The van der Waals surface area contributed by atoms with Gasteiger partial charge in [0.05, 0.1) is 11.6 Å². The van der Waals surface area contributed by atoms with E-state index in [4.69, 9.17) is 28.6 Å². The van der Waals surface area contributed by atoms with Gasteiger partial charge in [0.2, 0.25) is 5.91 Å². The van der Waals surface area contributed by atoms with E-state index in [0.717, 1.165) is 11.3 Å². The fourth-order valence-corrected chi connectivity index (χ4v) is 2.82. The number of benzene rings is 2. The summed E-state index contributed by atoms with van der Waals surface area (Å²) in [6, 6.07) is 11.4. The molecule has 0 spiro atoms. The lowest BCUT2D eigenvalue weighted by atomic mass is 9.96. The Labute approximate surface area is 154 Å². The number of nitrogens with one attached hydrogen (secondary N) is 3. The molecule has 2 aromatic rings. The van der Waals surface area contributed by atoms with Gasteiger partial charge >= 0.3 is 0 Å². The van der Waals surface area contributed by atoms with Crippen LogP contribution in [0.25, 0.3) is 0 Å². The normalized spacial score (nSPS) is 15.5. The number of para-hydroxylation sites is 1. The summed E-state index contributed by atoms with van der Waals surface area (Å²) < 4.78 is 19.1. The van der Waals surface area contributed by atoms with E-state index in [9.17, 15) is 9.18 Å². The maximum absolute atomic E-state index is 13.5. The number of fused-ring (bicyclic) bond motifs is 1. The Morgan fingerprint density at radius 2 is 2.04 bits per heavy atom. The van der Waals surface area contributed by atoms with Crippen molar-refractivity contribution >= 4 is 40.5 Å². The second kappa shape index (κ2) is 7.67. The Morgan fingerprint density at radius 3 is 2.84 bits per heavy atom. The second-order valence-electron chi connectivity index (χ2n) is 5.51. The molecule has 5 nitrogen and oxygen atoms in total. The van der Waals surface area contributed by atoms with Crippen LogP contribution in [0.5, 0.6) is 5.75 Å². The predicted molar refractivity (Wildman–Crippen MR) is 98.0 cm³/mol. The van der Waals surface area contributed by atoms with Crippen LogP contribution in [0.3, 0.4) is 0 Å². The van der Waals surface area contributed by atoms with Crippen molar-refractivity contribution in [2.45, 2.75) is 6.42 Å². The monoisotopic (exact) mass is 379 g/mol. The highest BCUT2D eigenvalue weighted by Crippen LogP contribution is 2.29. The topological polar surface area (TPSA) is 62.4 Å². The summed E-state index contributed by atoms with van der Waals surface area (Å²) in [5.74, 6) is -0.358. The third kappa shape index (κ3) is 4.37. The van der Waals surface area contributed by atoms with Gasteiger partial charge in [-0.1, -0.05) is 23.7 Å². The van der Waals surface area contributed by atoms with E-state index < -0.39 is 5.82 Å². The Hall–Kier alpha value is -2.38. The van der Waals surface area contributed by atoms with E-state index in [1.807, 2.05) is 0 Å². The van der Waals surface area contributed by atoms with Crippen molar-refractivity contribution in [2.24, 2.45) is 5.92 Å². The molecule has 0 fully saturated rings. The molecule has 0 saturated carbocycles. The number of hydrogen-bond donors (Lipinski definition) is 3. The number of amides is 1. The van der Waals surface area contributed by atoms with Crippen LogP contribution < -0.4 is 20.9 Å². The number of thiocarbonyl (C=S) groups is 1. The quantitative estimate of drug-likeness (QED) is 0.553. The molecule has 2 aromatic carbocycles. The average Bonchev–Trinajstić information content (AvgIpc) is 2.61. The lowest BCUT2D eigenvalue weighted by Crippen LogP contribution is -2.48. The van der Waals surface area contributed by atoms with Gasteiger partial charge in [-0.05, 0) is 54.5 Å². The zero-order valence-electron chi connectivity index (χ0n) is 13.0. The van der Waals surface area contributed by atoms with Crippen LogP contribution in [0.4, 0.5) is 10.1 Å². The van der Waals surface area contributed by atoms with Crippen molar-refractivity contribution in [3.8, 4) is 5.75 Å². The first-order valence-electron chi connectivity index (χ1n) is 7.55. The van der Waals surface area contributed by atoms with E-state index in [1.54, 1.807) is 36.4 Å². The summed E-state index contributed by atoms with van der Waals surface area (Å²) in [5, 5.41) is 3.35. The number of hydrazine groups is 1. The minimum atomic E-state index is -0.438. The number of anilines is 1. The van der Waals surface area contributed by atoms with Crippen LogP contribution in [0.1, 0.15) is 5.56 Å². The van der Waals surface area contributed by atoms with Gasteiger partial charge in [-0.15, -0.1) is 0 Å². The zero-order chi connectivity index (χ0) is 17.8. The molecule has 3 N–H and O–H groups in total. The number of ether oxygens (including phenoxy) is 1. The van der Waals surface area contributed by atoms with Gasteiger partial charge in [0, 0.05) is 5.02 Å². The Bertz CT molecular complexity index is 818. The molecule has 130 valence electrons. The third-order valence-corrected chi connectivity index (χ3v) is 4.16. The summed E-state index contributed by atoms with van der Waals surface area (Å²) in [7, 11) is 0. The molecular weight excluding hydrogens is 365 g/mol. The molecule has 0 aromatic heterocycles. The first-order chi connectivity index (χ1) is 12.0. The molecule has 8 heteroatoms. The van der Waals surface area contributed by atoms with Gasteiger partial charge in [-0.3, -0.25) is 15.6 Å². The largest absolute Gasteiger partial charge is 0.492 e. The van der Waals surface area contributed by atoms with E-state index >= 15 is 0 Å². The molecule has 0 saturated heterocycles. The first kappa shape index (κ1) is 17.4. The molecule has 1 heterocycles. The highest BCUT2D eigenvalue weighted by molar-refractivity contribution is 7.80. The van der Waals surface area contributed by atoms with Crippen molar-refractivity contribution < 1.29 is 13.9 Å². The fraction of sp³-hybridized carbons (Fsp3) is 0.176. The fourth-order valence-electron chi connectivity index (χ4n) is 2.47. The number of carbonyl (C=O) groups excluding carboxylic acids is 1. The maximum atomic E-state index is 13.5. The summed E-state index contributed by atoms with van der Waals surface area (Å²) in [6.45, 7) is 0.260. The van der Waals surface area contributed by atoms with Crippen LogP contribution >= 0.6 is 23.8 Å². The molecule has 1 atom stereocenters. The van der Waals surface area contributed by atoms with Crippen molar-refractivity contribution in [2.75, 3.05) is 11.9 Å². The van der Waals surface area contributed by atoms with Crippen LogP contribution in [-0.2, 0) is 11.2 Å². The Balaban J connectivity index is 1.53. The van der Waals surface area contributed by atoms with Crippen LogP contribution in [-0.4, -0.2) is 17.6 Å². The van der Waals surface area contributed by atoms with Gasteiger partial charge < -0.3 is 10.1 Å². The van der Waals surface area contributed by atoms with Gasteiger partial charge in [0.15, 0.2) is 5.11 Å². The smallest absolute Gasteiger partial charge is 0.245 e. The molecular formula is C17H15ClFN3O2S. The maximum Gasteiger partial charge on any atom is 0.245 e. The molecule has 1 aliphatic heterocycles. The molecule has 1 aliphatic rings. The highest BCUT2D eigenvalue weighted by atomic mass is 35.5. The average molecular weight is 380 g/mol. The molecule has 0 bridgehead atoms. The van der Waals surface area contributed by atoms with Crippen molar-refractivity contribution in [1.29, 1.82) is 0 Å². The van der Waals surface area contributed by atoms with Crippen molar-refractivity contribution in [1.82, 2.24) is 10.9 Å². The Kier molecular flexibility index (Phi) is 5.35. The summed E-state index contributed by atoms with van der Waals surface area (Å²) in [5.41, 5.74) is 6.17. The number of hydrogen-bond acceptors (Lipinski definition) is 3. The SMILES string of the molecule is O=C(NNC(=S)Nc1ccccc1F)[C@@H]1COc2ccc(Cl)cc2C1. The van der Waals surface area contributed by atoms with Gasteiger partial charge in [0.25, 0.3) is 0 Å². The van der Waals surface area contributed by atoms with E-state index in [0.29, 0.717) is 11.4 Å². The van der Waals surface area contributed by atoms with Crippen molar-refractivity contribution in [3.05, 3.63) is 58.9 Å². The molecule has 0 aliphatic carbocycles. The molecule has 25 heavy (non-hydrogen) atoms. The highest BCUT2D eigenvalue weighted by Gasteiger charge is 2.26. The molecule has 0 unspecified atom stereocenters. The Morgan fingerprint density at radius 1 is 1.24 bits per heavy atom. The second-order valence-corrected chi connectivity index (χ2v) is 6.36. The van der Waals surface area contributed by atoms with Crippen LogP contribution in [0, 0.1) is 11.7 Å². The number of carbonyl (C=O) groups is 1. The minimum Gasteiger partial charge on any atom is -0.492 e. The zero-order valence-corrected chi connectivity index (χ0v) is 14.6. The lowest BCUT2D eigenvalue weighted by Gasteiger charge is -2.25. The summed E-state index contributed by atoms with van der Waals surface area (Å²) in [6.07, 6.45) is 0.511. The minimum absolute atomic E-state index is 0.0821. The van der Waals surface area contributed by atoms with Gasteiger partial charge in [-0.25, -0.2) is 4.39 Å². The van der Waals surface area contributed by atoms with E-state index in [2.05, 4.69) is 16.2 Å². The number of halogens is 2. The molecule has 1 amide bonds. The van der Waals surface area contributed by atoms with Gasteiger partial charge in [0.1, 0.15) is 18.2 Å². The first-order valence-corrected chi connectivity index (χ1v) is 8.34. The third-order valence-electron chi connectivity index (χ3n) is 3.72. The summed E-state index contributed by atoms with van der Waals surface area (Å²) in [4.78, 5) is 12.3. The summed E-state index contributed by atoms with van der Waals surface area (Å²) >= 11 is 11.0. The van der Waals surface area contributed by atoms with Crippen LogP contribution in [0.15, 0.2) is 42.5 Å². The van der Waals surface area contributed by atoms with Crippen molar-refractivity contribution in [3.63, 3.8) is 0 Å². The lowest BCUT2D eigenvalue weighted by molar-refractivity contribution is -0.126. The number of rotatable bonds is 2. The van der Waals surface area contributed by atoms with E-state index in [1.165, 1.54) is 6.07 Å².